The van der Waals surface area contributed by atoms with E-state index < -0.39 is 0 Å². The minimum absolute atomic E-state index is 0.0107. The minimum Gasteiger partial charge on any atom is -0.352 e. The molecule has 0 bridgehead atoms. The molecule has 1 aromatic carbocycles. The average molecular weight is 409 g/mol. The van der Waals surface area contributed by atoms with Crippen molar-refractivity contribution in [3.8, 4) is 0 Å². The normalized spacial score (nSPS) is 10.5. The van der Waals surface area contributed by atoms with Gasteiger partial charge in [-0.2, -0.15) is 11.8 Å². The molecule has 0 saturated carbocycles. The first-order valence-electron chi connectivity index (χ1n) is 6.37. The second-order valence-corrected chi connectivity index (χ2v) is 7.04. The lowest BCUT2D eigenvalue weighted by Crippen LogP contribution is -2.24. The number of nitrogens with one attached hydrogen (secondary N) is 1. The molecular weight excluding hydrogens is 390 g/mol. The van der Waals surface area contributed by atoms with Crippen LogP contribution in [0.15, 0.2) is 27.1 Å². The Morgan fingerprint density at radius 2 is 1.95 bits per heavy atom. The van der Waals surface area contributed by atoms with E-state index in [1.54, 1.807) is 0 Å². The van der Waals surface area contributed by atoms with Gasteiger partial charge in [0.15, 0.2) is 0 Å². The van der Waals surface area contributed by atoms with Crippen LogP contribution in [-0.2, 0) is 0 Å². The summed E-state index contributed by atoms with van der Waals surface area (Å²) >= 11 is 8.67. The van der Waals surface area contributed by atoms with Crippen LogP contribution >= 0.6 is 43.6 Å². The Labute approximate surface area is 136 Å². The van der Waals surface area contributed by atoms with Crippen LogP contribution in [0.4, 0.5) is 0 Å². The second kappa shape index (κ2) is 9.83. The van der Waals surface area contributed by atoms with Crippen molar-refractivity contribution in [2.75, 3.05) is 18.6 Å². The number of thioether (sulfide) groups is 1. The molecule has 0 saturated heterocycles. The highest BCUT2D eigenvalue weighted by Crippen LogP contribution is 2.21. The van der Waals surface area contributed by atoms with Gasteiger partial charge in [-0.05, 0) is 59.0 Å². The first kappa shape index (κ1) is 17.1. The molecule has 0 radical (unpaired) electrons. The zero-order valence-electron chi connectivity index (χ0n) is 11.0. The topological polar surface area (TPSA) is 29.1 Å². The van der Waals surface area contributed by atoms with Gasteiger partial charge in [0.05, 0.1) is 5.56 Å². The van der Waals surface area contributed by atoms with E-state index in [4.69, 9.17) is 0 Å². The number of halogens is 2. The third kappa shape index (κ3) is 6.82. The first-order chi connectivity index (χ1) is 9.15. The standard InChI is InChI=1S/C14H19Br2NOS/c1-19-9-5-3-2-4-8-17-14(18)12-7-6-11(15)10-13(12)16/h6-7,10H,2-5,8-9H2,1H3,(H,17,18). The first-order valence-corrected chi connectivity index (χ1v) is 9.35. The lowest BCUT2D eigenvalue weighted by Gasteiger charge is -2.07. The van der Waals surface area contributed by atoms with Gasteiger partial charge in [0, 0.05) is 15.5 Å². The fourth-order valence-electron chi connectivity index (χ4n) is 1.70. The van der Waals surface area contributed by atoms with Crippen molar-refractivity contribution in [3.05, 3.63) is 32.7 Å². The van der Waals surface area contributed by atoms with E-state index in [0.717, 1.165) is 21.9 Å². The SMILES string of the molecule is CSCCCCCCNC(=O)c1ccc(Br)cc1Br. The number of carbonyl (C=O) groups excluding carboxylic acids is 1. The Bertz CT molecular complexity index is 412. The highest BCUT2D eigenvalue weighted by atomic mass is 79.9. The molecule has 0 atom stereocenters. The van der Waals surface area contributed by atoms with Crippen molar-refractivity contribution in [2.45, 2.75) is 25.7 Å². The monoisotopic (exact) mass is 407 g/mol. The van der Waals surface area contributed by atoms with E-state index in [1.807, 2.05) is 30.0 Å². The summed E-state index contributed by atoms with van der Waals surface area (Å²) in [5, 5.41) is 2.96. The van der Waals surface area contributed by atoms with Crippen molar-refractivity contribution in [1.82, 2.24) is 5.32 Å². The van der Waals surface area contributed by atoms with Gasteiger partial charge in [-0.15, -0.1) is 0 Å². The summed E-state index contributed by atoms with van der Waals surface area (Å²) in [6.07, 6.45) is 6.89. The summed E-state index contributed by atoms with van der Waals surface area (Å²) in [6.45, 7) is 0.751. The second-order valence-electron chi connectivity index (χ2n) is 4.29. The highest BCUT2D eigenvalue weighted by molar-refractivity contribution is 9.11. The minimum atomic E-state index is -0.0107. The molecule has 5 heteroatoms. The smallest absolute Gasteiger partial charge is 0.252 e. The van der Waals surface area contributed by atoms with Crippen molar-refractivity contribution in [1.29, 1.82) is 0 Å². The highest BCUT2D eigenvalue weighted by Gasteiger charge is 2.09. The Hall–Kier alpha value is -0.000000000000000111. The largest absolute Gasteiger partial charge is 0.352 e. The molecule has 0 aliphatic carbocycles. The summed E-state index contributed by atoms with van der Waals surface area (Å²) in [7, 11) is 0. The van der Waals surface area contributed by atoms with E-state index in [2.05, 4.69) is 43.4 Å². The Kier molecular flexibility index (Phi) is 8.83. The summed E-state index contributed by atoms with van der Waals surface area (Å²) in [6, 6.07) is 5.58. The van der Waals surface area contributed by atoms with Crippen LogP contribution in [0.1, 0.15) is 36.0 Å². The molecule has 0 aliphatic rings. The van der Waals surface area contributed by atoms with E-state index in [9.17, 15) is 4.79 Å². The number of unbranched alkanes of at least 4 members (excludes halogenated alkanes) is 3. The van der Waals surface area contributed by atoms with Crippen molar-refractivity contribution >= 4 is 49.5 Å². The Morgan fingerprint density at radius 1 is 1.21 bits per heavy atom. The average Bonchev–Trinajstić information content (AvgIpc) is 2.37. The van der Waals surface area contributed by atoms with Crippen LogP contribution in [-0.4, -0.2) is 24.5 Å². The van der Waals surface area contributed by atoms with Gasteiger partial charge in [0.25, 0.3) is 5.91 Å². The Balaban J connectivity index is 2.24. The Morgan fingerprint density at radius 3 is 2.63 bits per heavy atom. The molecule has 0 unspecified atom stereocenters. The van der Waals surface area contributed by atoms with E-state index in [-0.39, 0.29) is 5.91 Å². The van der Waals surface area contributed by atoms with Crippen LogP contribution in [0, 0.1) is 0 Å². The number of carbonyl (C=O) groups is 1. The van der Waals surface area contributed by atoms with Crippen molar-refractivity contribution in [3.63, 3.8) is 0 Å². The molecule has 0 spiro atoms. The van der Waals surface area contributed by atoms with Crippen molar-refractivity contribution in [2.24, 2.45) is 0 Å². The number of hydrogen-bond donors (Lipinski definition) is 1. The van der Waals surface area contributed by atoms with E-state index in [1.165, 1.54) is 25.0 Å². The molecule has 106 valence electrons. The van der Waals surface area contributed by atoms with Gasteiger partial charge in [0.2, 0.25) is 0 Å². The fourth-order valence-corrected chi connectivity index (χ4v) is 3.42. The predicted molar refractivity (Wildman–Crippen MR) is 91.0 cm³/mol. The number of rotatable bonds is 8. The number of benzene rings is 1. The molecule has 0 fully saturated rings. The zero-order valence-corrected chi connectivity index (χ0v) is 15.0. The molecule has 1 N–H and O–H groups in total. The van der Waals surface area contributed by atoms with E-state index >= 15 is 0 Å². The number of amides is 1. The van der Waals surface area contributed by atoms with Crippen LogP contribution < -0.4 is 5.32 Å². The molecular formula is C14H19Br2NOS. The molecule has 2 nitrogen and oxygen atoms in total. The quantitative estimate of drug-likeness (QED) is 0.622. The molecule has 1 amide bonds. The van der Waals surface area contributed by atoms with Crippen LogP contribution in [0.5, 0.6) is 0 Å². The maximum absolute atomic E-state index is 12.0. The fraction of sp³-hybridized carbons (Fsp3) is 0.500. The van der Waals surface area contributed by atoms with Gasteiger partial charge in [-0.25, -0.2) is 0 Å². The van der Waals surface area contributed by atoms with Gasteiger partial charge in [0.1, 0.15) is 0 Å². The van der Waals surface area contributed by atoms with Gasteiger partial charge >= 0.3 is 0 Å². The summed E-state index contributed by atoms with van der Waals surface area (Å²) in [4.78, 5) is 12.0. The van der Waals surface area contributed by atoms with E-state index in [0.29, 0.717) is 5.56 Å². The maximum Gasteiger partial charge on any atom is 0.252 e. The lowest BCUT2D eigenvalue weighted by atomic mass is 10.2. The summed E-state index contributed by atoms with van der Waals surface area (Å²) < 4.78 is 1.78. The summed E-state index contributed by atoms with van der Waals surface area (Å²) in [5.74, 6) is 1.22. The van der Waals surface area contributed by atoms with Gasteiger partial charge in [-0.3, -0.25) is 4.79 Å². The molecule has 0 aromatic heterocycles. The zero-order chi connectivity index (χ0) is 14.1. The van der Waals surface area contributed by atoms with Crippen molar-refractivity contribution < 1.29 is 4.79 Å². The summed E-state index contributed by atoms with van der Waals surface area (Å²) in [5.41, 5.74) is 0.686. The molecule has 19 heavy (non-hydrogen) atoms. The van der Waals surface area contributed by atoms with Crippen LogP contribution in [0.2, 0.25) is 0 Å². The predicted octanol–water partition coefficient (Wildman–Crippen LogP) is 4.86. The third-order valence-corrected chi connectivity index (χ3v) is 4.58. The molecule has 0 heterocycles. The maximum atomic E-state index is 12.0. The van der Waals surface area contributed by atoms with Crippen LogP contribution in [0.25, 0.3) is 0 Å². The molecule has 1 rings (SSSR count). The third-order valence-electron chi connectivity index (χ3n) is 2.74. The molecule has 1 aromatic rings. The molecule has 0 aliphatic heterocycles. The van der Waals surface area contributed by atoms with Gasteiger partial charge in [-0.1, -0.05) is 28.8 Å². The van der Waals surface area contributed by atoms with Gasteiger partial charge < -0.3 is 5.32 Å². The number of hydrogen-bond acceptors (Lipinski definition) is 2. The lowest BCUT2D eigenvalue weighted by molar-refractivity contribution is 0.0952. The van der Waals surface area contributed by atoms with Crippen LogP contribution in [0.3, 0.4) is 0 Å².